The van der Waals surface area contributed by atoms with Gasteiger partial charge >= 0.3 is 6.18 Å². The number of nitrogens with one attached hydrogen (secondary N) is 1. The second-order valence-electron chi connectivity index (χ2n) is 4.85. The number of amides is 1. The van der Waals surface area contributed by atoms with E-state index >= 15 is 0 Å². The largest absolute Gasteiger partial charge is 0.433 e. The zero-order valence-electron chi connectivity index (χ0n) is 12.4. The summed E-state index contributed by atoms with van der Waals surface area (Å²) in [5, 5.41) is 14.9. The van der Waals surface area contributed by atoms with Crippen LogP contribution in [0.2, 0.25) is 0 Å². The molecule has 0 spiro atoms. The van der Waals surface area contributed by atoms with E-state index in [0.717, 1.165) is 16.4 Å². The van der Waals surface area contributed by atoms with Crippen LogP contribution in [0.3, 0.4) is 0 Å². The first-order valence-corrected chi connectivity index (χ1v) is 7.01. The first-order valence-electron chi connectivity index (χ1n) is 7.01. The van der Waals surface area contributed by atoms with Gasteiger partial charge in [0.2, 0.25) is 0 Å². The number of rotatable bonds is 5. The molecular formula is C15H16F3N3O2. The Hall–Kier alpha value is -2.35. The van der Waals surface area contributed by atoms with Gasteiger partial charge in [0.05, 0.1) is 11.8 Å². The molecule has 0 bridgehead atoms. The third-order valence-corrected chi connectivity index (χ3v) is 3.26. The molecule has 23 heavy (non-hydrogen) atoms. The van der Waals surface area contributed by atoms with Crippen LogP contribution < -0.4 is 5.32 Å². The molecule has 0 saturated carbocycles. The summed E-state index contributed by atoms with van der Waals surface area (Å²) < 4.78 is 40.1. The molecule has 1 aromatic carbocycles. The summed E-state index contributed by atoms with van der Waals surface area (Å²) >= 11 is 0. The Morgan fingerprint density at radius 3 is 2.48 bits per heavy atom. The van der Waals surface area contributed by atoms with Crippen LogP contribution in [0.25, 0.3) is 0 Å². The van der Waals surface area contributed by atoms with Gasteiger partial charge in [-0.2, -0.15) is 18.3 Å². The molecule has 5 nitrogen and oxygen atoms in total. The lowest BCUT2D eigenvalue weighted by Gasteiger charge is -2.11. The molecule has 0 aliphatic carbocycles. The molecule has 8 heteroatoms. The molecule has 0 saturated heterocycles. The summed E-state index contributed by atoms with van der Waals surface area (Å²) in [7, 11) is 0. The average Bonchev–Trinajstić information content (AvgIpc) is 2.94. The van der Waals surface area contributed by atoms with Gasteiger partial charge in [0.25, 0.3) is 5.91 Å². The lowest BCUT2D eigenvalue weighted by Crippen LogP contribution is -2.21. The SMILES string of the molecule is CCn1ncc(C(=O)Nc2ccc(CCO)cc2)c1C(F)(F)F. The van der Waals surface area contributed by atoms with Crippen LogP contribution in [0.15, 0.2) is 30.5 Å². The van der Waals surface area contributed by atoms with Gasteiger partial charge in [0.1, 0.15) is 0 Å². The predicted molar refractivity (Wildman–Crippen MR) is 78.1 cm³/mol. The standard InChI is InChI=1S/C15H16F3N3O2/c1-2-21-13(15(16,17)18)12(9-19-21)14(23)20-11-5-3-10(4-6-11)7-8-22/h3-6,9,22H,2,7-8H2,1H3,(H,20,23). The van der Waals surface area contributed by atoms with Gasteiger partial charge in [-0.1, -0.05) is 12.1 Å². The van der Waals surface area contributed by atoms with E-state index < -0.39 is 23.3 Å². The number of carbonyl (C=O) groups is 1. The van der Waals surface area contributed by atoms with Crippen LogP contribution in [-0.2, 0) is 19.1 Å². The smallest absolute Gasteiger partial charge is 0.396 e. The highest BCUT2D eigenvalue weighted by molar-refractivity contribution is 6.05. The maximum absolute atomic E-state index is 13.1. The lowest BCUT2D eigenvalue weighted by molar-refractivity contribution is -0.144. The molecule has 0 fully saturated rings. The third-order valence-electron chi connectivity index (χ3n) is 3.26. The van der Waals surface area contributed by atoms with Gasteiger partial charge in [0.15, 0.2) is 5.69 Å². The van der Waals surface area contributed by atoms with Crippen LogP contribution in [0.1, 0.15) is 28.5 Å². The van der Waals surface area contributed by atoms with Crippen LogP contribution in [-0.4, -0.2) is 27.4 Å². The van der Waals surface area contributed by atoms with E-state index in [-0.39, 0.29) is 13.2 Å². The summed E-state index contributed by atoms with van der Waals surface area (Å²) in [6.45, 7) is 1.53. The number of aliphatic hydroxyl groups is 1. The zero-order valence-corrected chi connectivity index (χ0v) is 12.4. The highest BCUT2D eigenvalue weighted by Gasteiger charge is 2.39. The van der Waals surface area contributed by atoms with Crippen LogP contribution in [0.5, 0.6) is 0 Å². The quantitative estimate of drug-likeness (QED) is 0.887. The third kappa shape index (κ3) is 3.89. The fourth-order valence-corrected chi connectivity index (χ4v) is 2.17. The first kappa shape index (κ1) is 17.0. The Bertz CT molecular complexity index is 678. The van der Waals surface area contributed by atoms with E-state index in [4.69, 9.17) is 5.11 Å². The number of hydrogen-bond donors (Lipinski definition) is 2. The Labute approximate surface area is 130 Å². The number of carbonyl (C=O) groups excluding carboxylic acids is 1. The Kier molecular flexibility index (Phi) is 5.05. The first-order chi connectivity index (χ1) is 10.9. The van der Waals surface area contributed by atoms with Gasteiger partial charge < -0.3 is 10.4 Å². The van der Waals surface area contributed by atoms with Gasteiger partial charge in [0, 0.05) is 18.8 Å². The van der Waals surface area contributed by atoms with Crippen molar-refractivity contribution in [1.82, 2.24) is 9.78 Å². The average molecular weight is 327 g/mol. The molecule has 1 amide bonds. The maximum Gasteiger partial charge on any atom is 0.433 e. The van der Waals surface area contributed by atoms with Crippen molar-refractivity contribution in [2.24, 2.45) is 0 Å². The molecule has 0 aliphatic heterocycles. The normalized spacial score (nSPS) is 11.5. The van der Waals surface area contributed by atoms with Crippen molar-refractivity contribution >= 4 is 11.6 Å². The van der Waals surface area contributed by atoms with Crippen molar-refractivity contribution in [2.75, 3.05) is 11.9 Å². The minimum Gasteiger partial charge on any atom is -0.396 e. The summed E-state index contributed by atoms with van der Waals surface area (Å²) in [6.07, 6.45) is -3.28. The summed E-state index contributed by atoms with van der Waals surface area (Å²) in [6, 6.07) is 6.51. The van der Waals surface area contributed by atoms with E-state index in [1.165, 1.54) is 6.92 Å². The monoisotopic (exact) mass is 327 g/mol. The Morgan fingerprint density at radius 1 is 1.30 bits per heavy atom. The van der Waals surface area contributed by atoms with E-state index in [1.54, 1.807) is 24.3 Å². The van der Waals surface area contributed by atoms with E-state index in [1.807, 2.05) is 0 Å². The number of halogens is 3. The molecule has 1 heterocycles. The van der Waals surface area contributed by atoms with Crippen molar-refractivity contribution in [3.05, 3.63) is 47.3 Å². The molecule has 1 aromatic heterocycles. The lowest BCUT2D eigenvalue weighted by atomic mass is 10.1. The van der Waals surface area contributed by atoms with Crippen molar-refractivity contribution in [2.45, 2.75) is 26.1 Å². The number of anilines is 1. The fraction of sp³-hybridized carbons (Fsp3) is 0.333. The topological polar surface area (TPSA) is 67.2 Å². The molecule has 2 N–H and O–H groups in total. The molecule has 0 atom stereocenters. The minimum atomic E-state index is -4.66. The van der Waals surface area contributed by atoms with Crippen molar-refractivity contribution in [3.8, 4) is 0 Å². The fourth-order valence-electron chi connectivity index (χ4n) is 2.17. The summed E-state index contributed by atoms with van der Waals surface area (Å²) in [4.78, 5) is 12.1. The number of nitrogens with zero attached hydrogens (tertiary/aromatic N) is 2. The Morgan fingerprint density at radius 2 is 1.96 bits per heavy atom. The van der Waals surface area contributed by atoms with Gasteiger partial charge in [-0.05, 0) is 31.0 Å². The maximum atomic E-state index is 13.1. The van der Waals surface area contributed by atoms with Crippen molar-refractivity contribution < 1.29 is 23.1 Å². The molecule has 124 valence electrons. The highest BCUT2D eigenvalue weighted by Crippen LogP contribution is 2.32. The van der Waals surface area contributed by atoms with E-state index in [0.29, 0.717) is 12.1 Å². The van der Waals surface area contributed by atoms with E-state index in [2.05, 4.69) is 10.4 Å². The van der Waals surface area contributed by atoms with Crippen LogP contribution in [0, 0.1) is 0 Å². The summed E-state index contributed by atoms with van der Waals surface area (Å²) in [5.74, 6) is -0.869. The minimum absolute atomic E-state index is 0.00312. The second-order valence-corrected chi connectivity index (χ2v) is 4.85. The molecular weight excluding hydrogens is 311 g/mol. The molecule has 0 radical (unpaired) electrons. The zero-order chi connectivity index (χ0) is 17.0. The Balaban J connectivity index is 2.22. The number of aromatic nitrogens is 2. The van der Waals surface area contributed by atoms with Crippen molar-refractivity contribution in [1.29, 1.82) is 0 Å². The number of alkyl halides is 3. The molecule has 0 unspecified atom stereocenters. The predicted octanol–water partition coefficient (Wildman–Crippen LogP) is 2.71. The van der Waals surface area contributed by atoms with E-state index in [9.17, 15) is 18.0 Å². The van der Waals surface area contributed by atoms with Gasteiger partial charge in [-0.15, -0.1) is 0 Å². The van der Waals surface area contributed by atoms with Crippen LogP contribution in [0.4, 0.5) is 18.9 Å². The molecule has 2 rings (SSSR count). The second kappa shape index (κ2) is 6.82. The van der Waals surface area contributed by atoms with Crippen LogP contribution >= 0.6 is 0 Å². The number of aliphatic hydroxyl groups excluding tert-OH is 1. The summed E-state index contributed by atoms with van der Waals surface area (Å²) in [5.41, 5.74) is -0.345. The molecule has 0 aliphatic rings. The van der Waals surface area contributed by atoms with Gasteiger partial charge in [-0.3, -0.25) is 9.48 Å². The number of aryl methyl sites for hydroxylation is 1. The number of benzene rings is 1. The number of hydrogen-bond acceptors (Lipinski definition) is 3. The highest BCUT2D eigenvalue weighted by atomic mass is 19.4. The van der Waals surface area contributed by atoms with Crippen molar-refractivity contribution in [3.63, 3.8) is 0 Å². The van der Waals surface area contributed by atoms with Gasteiger partial charge in [-0.25, -0.2) is 0 Å². The molecule has 2 aromatic rings.